The third-order valence-electron chi connectivity index (χ3n) is 4.13. The number of aliphatic carboxylic acids is 1. The maximum atomic E-state index is 12.3. The van der Waals surface area contributed by atoms with Crippen molar-refractivity contribution in [2.24, 2.45) is 0 Å². The highest BCUT2D eigenvalue weighted by Crippen LogP contribution is 2.33. The molecule has 24 heavy (non-hydrogen) atoms. The number of benzene rings is 1. The van der Waals surface area contributed by atoms with Crippen LogP contribution in [-0.4, -0.2) is 45.8 Å². The highest BCUT2D eigenvalue weighted by atomic mass is 32.2. The molecule has 1 aromatic carbocycles. The number of carbonyl (C=O) groups excluding carboxylic acids is 1. The molecule has 2 aliphatic heterocycles. The van der Waals surface area contributed by atoms with Gasteiger partial charge in [-0.05, 0) is 49.1 Å². The van der Waals surface area contributed by atoms with Gasteiger partial charge in [0.1, 0.15) is 10.9 Å². The maximum Gasteiger partial charge on any atom is 0.323 e. The van der Waals surface area contributed by atoms with E-state index in [0.29, 0.717) is 9.23 Å². The summed E-state index contributed by atoms with van der Waals surface area (Å²) in [5, 5.41) is 8.87. The van der Waals surface area contributed by atoms with Crippen LogP contribution in [-0.2, 0) is 9.59 Å². The van der Waals surface area contributed by atoms with Gasteiger partial charge in [0.05, 0.1) is 4.91 Å². The van der Waals surface area contributed by atoms with Gasteiger partial charge >= 0.3 is 5.97 Å². The van der Waals surface area contributed by atoms with Gasteiger partial charge in [0.2, 0.25) is 0 Å². The number of carbonyl (C=O) groups is 2. The normalized spacial score (nSPS) is 19.6. The van der Waals surface area contributed by atoms with Crippen LogP contribution in [0.25, 0.3) is 6.08 Å². The molecule has 2 heterocycles. The van der Waals surface area contributed by atoms with Gasteiger partial charge in [-0.2, -0.15) is 0 Å². The molecule has 1 N–H and O–H groups in total. The van der Waals surface area contributed by atoms with Gasteiger partial charge < -0.3 is 10.0 Å². The van der Waals surface area contributed by atoms with Gasteiger partial charge in [-0.3, -0.25) is 14.5 Å². The van der Waals surface area contributed by atoms with Crippen molar-refractivity contribution in [1.82, 2.24) is 4.90 Å². The largest absolute Gasteiger partial charge is 0.480 e. The predicted octanol–water partition coefficient (Wildman–Crippen LogP) is 2.88. The van der Waals surface area contributed by atoms with Crippen molar-refractivity contribution < 1.29 is 14.7 Å². The minimum absolute atomic E-state index is 0.291. The van der Waals surface area contributed by atoms with Crippen molar-refractivity contribution in [2.45, 2.75) is 19.8 Å². The molecule has 126 valence electrons. The van der Waals surface area contributed by atoms with Crippen molar-refractivity contribution in [1.29, 1.82) is 0 Å². The summed E-state index contributed by atoms with van der Waals surface area (Å²) >= 11 is 6.25. The molecule has 2 fully saturated rings. The fourth-order valence-corrected chi connectivity index (χ4v) is 4.26. The molecule has 0 radical (unpaired) electrons. The molecule has 1 aromatic rings. The molecule has 0 unspecified atom stereocenters. The average molecular weight is 362 g/mol. The first-order valence-corrected chi connectivity index (χ1v) is 9.01. The van der Waals surface area contributed by atoms with E-state index in [-0.39, 0.29) is 5.91 Å². The Morgan fingerprint density at radius 3 is 2.71 bits per heavy atom. The number of carboxylic acids is 1. The Kier molecular flexibility index (Phi) is 4.91. The third kappa shape index (κ3) is 3.47. The summed E-state index contributed by atoms with van der Waals surface area (Å²) in [5.74, 6) is -1.41. The molecule has 2 saturated heterocycles. The number of rotatable bonds is 4. The summed E-state index contributed by atoms with van der Waals surface area (Å²) in [5.41, 5.74) is 3.33. The summed E-state index contributed by atoms with van der Waals surface area (Å²) in [6.07, 6.45) is 4.24. The van der Waals surface area contributed by atoms with Crippen molar-refractivity contribution >= 4 is 51.9 Å². The highest BCUT2D eigenvalue weighted by Gasteiger charge is 2.33. The Labute approximate surface area is 150 Å². The van der Waals surface area contributed by atoms with Crippen LogP contribution in [0.3, 0.4) is 0 Å². The Bertz CT molecular complexity index is 739. The lowest BCUT2D eigenvalue weighted by Crippen LogP contribution is -2.33. The molecule has 0 saturated carbocycles. The maximum absolute atomic E-state index is 12.3. The first-order chi connectivity index (χ1) is 11.5. The second-order valence-electron chi connectivity index (χ2n) is 5.90. The zero-order chi connectivity index (χ0) is 17.3. The van der Waals surface area contributed by atoms with E-state index in [2.05, 4.69) is 24.0 Å². The summed E-state index contributed by atoms with van der Waals surface area (Å²) in [7, 11) is 0. The van der Waals surface area contributed by atoms with Crippen LogP contribution >= 0.6 is 24.0 Å². The fraction of sp³-hybridized carbons (Fsp3) is 0.353. The van der Waals surface area contributed by atoms with E-state index in [0.717, 1.165) is 35.3 Å². The fourth-order valence-electron chi connectivity index (χ4n) is 3.00. The minimum Gasteiger partial charge on any atom is -0.480 e. The Morgan fingerprint density at radius 2 is 2.08 bits per heavy atom. The smallest absolute Gasteiger partial charge is 0.323 e. The Morgan fingerprint density at radius 1 is 1.38 bits per heavy atom. The van der Waals surface area contributed by atoms with Gasteiger partial charge in [-0.1, -0.05) is 30.0 Å². The van der Waals surface area contributed by atoms with E-state index in [1.54, 1.807) is 6.08 Å². The molecule has 7 heteroatoms. The van der Waals surface area contributed by atoms with Gasteiger partial charge in [0.25, 0.3) is 5.91 Å². The summed E-state index contributed by atoms with van der Waals surface area (Å²) in [6, 6.07) is 6.13. The quantitative estimate of drug-likeness (QED) is 0.656. The minimum atomic E-state index is -1.07. The van der Waals surface area contributed by atoms with Crippen LogP contribution in [0.15, 0.2) is 23.1 Å². The average Bonchev–Trinajstić information content (AvgIpc) is 3.12. The van der Waals surface area contributed by atoms with E-state index >= 15 is 0 Å². The zero-order valence-electron chi connectivity index (χ0n) is 13.3. The van der Waals surface area contributed by atoms with E-state index < -0.39 is 12.5 Å². The van der Waals surface area contributed by atoms with Crippen LogP contribution in [0.4, 0.5) is 5.69 Å². The van der Waals surface area contributed by atoms with Crippen molar-refractivity contribution in [3.63, 3.8) is 0 Å². The Balaban J connectivity index is 1.81. The molecule has 1 amide bonds. The number of thioether (sulfide) groups is 1. The van der Waals surface area contributed by atoms with Crippen LogP contribution in [0.1, 0.15) is 24.0 Å². The van der Waals surface area contributed by atoms with Gasteiger partial charge in [-0.15, -0.1) is 0 Å². The topological polar surface area (TPSA) is 60.9 Å². The second kappa shape index (κ2) is 6.94. The van der Waals surface area contributed by atoms with Gasteiger partial charge in [0, 0.05) is 18.8 Å². The molecule has 0 spiro atoms. The highest BCUT2D eigenvalue weighted by molar-refractivity contribution is 8.26. The van der Waals surface area contributed by atoms with Crippen molar-refractivity contribution in [2.75, 3.05) is 24.5 Å². The second-order valence-corrected chi connectivity index (χ2v) is 7.58. The molecule has 5 nitrogen and oxygen atoms in total. The number of anilines is 1. The number of aryl methyl sites for hydroxylation is 1. The van der Waals surface area contributed by atoms with Crippen molar-refractivity contribution in [3.8, 4) is 0 Å². The first-order valence-electron chi connectivity index (χ1n) is 7.78. The number of hydrogen-bond donors (Lipinski definition) is 1. The van der Waals surface area contributed by atoms with Crippen LogP contribution in [0.2, 0.25) is 0 Å². The number of amides is 1. The standard InChI is InChI=1S/C17H18N2O3S2/c1-11-8-12(4-5-13(11)18-6-2-3-7-18)9-14-16(22)19(10-15(20)21)17(23)24-14/h4-5,8-9H,2-3,6-7,10H2,1H3,(H,20,21)/b14-9+. The molecule has 0 bridgehead atoms. The number of nitrogens with zero attached hydrogens (tertiary/aromatic N) is 2. The van der Waals surface area contributed by atoms with Crippen LogP contribution < -0.4 is 4.90 Å². The summed E-state index contributed by atoms with van der Waals surface area (Å²) in [6.45, 7) is 3.86. The summed E-state index contributed by atoms with van der Waals surface area (Å²) in [4.78, 5) is 27.1. The number of hydrogen-bond acceptors (Lipinski definition) is 5. The SMILES string of the molecule is Cc1cc(/C=C2/SC(=S)N(CC(=O)O)C2=O)ccc1N1CCCC1. The zero-order valence-corrected chi connectivity index (χ0v) is 15.0. The molecule has 0 atom stereocenters. The molecule has 2 aliphatic rings. The van der Waals surface area contributed by atoms with Crippen LogP contribution in [0, 0.1) is 6.92 Å². The Hall–Kier alpha value is -1.86. The molecule has 0 aromatic heterocycles. The molecule has 3 rings (SSSR count). The van der Waals surface area contributed by atoms with Gasteiger partial charge in [-0.25, -0.2) is 0 Å². The lowest BCUT2D eigenvalue weighted by Gasteiger charge is -2.20. The molecular formula is C17H18N2O3S2. The van der Waals surface area contributed by atoms with E-state index in [9.17, 15) is 9.59 Å². The number of carboxylic acid groups (broad SMARTS) is 1. The molecular weight excluding hydrogens is 344 g/mol. The van der Waals surface area contributed by atoms with E-state index in [1.165, 1.54) is 24.1 Å². The summed E-state index contributed by atoms with van der Waals surface area (Å²) < 4.78 is 0.291. The predicted molar refractivity (Wildman–Crippen MR) is 100 cm³/mol. The lowest BCUT2D eigenvalue weighted by atomic mass is 10.1. The first kappa shape index (κ1) is 17.0. The van der Waals surface area contributed by atoms with E-state index in [1.807, 2.05) is 6.07 Å². The molecule has 0 aliphatic carbocycles. The van der Waals surface area contributed by atoms with Gasteiger partial charge in [0.15, 0.2) is 0 Å². The van der Waals surface area contributed by atoms with Crippen LogP contribution in [0.5, 0.6) is 0 Å². The lowest BCUT2D eigenvalue weighted by molar-refractivity contribution is -0.140. The van der Waals surface area contributed by atoms with Crippen molar-refractivity contribution in [3.05, 3.63) is 34.2 Å². The monoisotopic (exact) mass is 362 g/mol. The number of thiocarbonyl (C=S) groups is 1. The van der Waals surface area contributed by atoms with E-state index in [4.69, 9.17) is 17.3 Å². The third-order valence-corrected chi connectivity index (χ3v) is 5.51.